The average molecular weight is 442 g/mol. The summed E-state index contributed by atoms with van der Waals surface area (Å²) < 4.78 is 14.2. The monoisotopic (exact) mass is 441 g/mol. The number of fused-ring (bicyclic) bond motifs is 1. The van der Waals surface area contributed by atoms with Gasteiger partial charge < -0.3 is 10.2 Å². The van der Waals surface area contributed by atoms with Gasteiger partial charge >= 0.3 is 0 Å². The van der Waals surface area contributed by atoms with E-state index >= 15 is 0 Å². The van der Waals surface area contributed by atoms with Gasteiger partial charge in [-0.1, -0.05) is 11.6 Å². The molecule has 8 heteroatoms. The van der Waals surface area contributed by atoms with Crippen molar-refractivity contribution in [3.8, 4) is 0 Å². The third kappa shape index (κ3) is 3.65. The van der Waals surface area contributed by atoms with E-state index in [1.165, 1.54) is 6.07 Å². The first-order chi connectivity index (χ1) is 15.0. The van der Waals surface area contributed by atoms with Crippen LogP contribution in [0.15, 0.2) is 57.8 Å². The van der Waals surface area contributed by atoms with E-state index in [1.807, 2.05) is 22.2 Å². The minimum Gasteiger partial charge on any atom is -0.358 e. The Kier molecular flexibility index (Phi) is 5.30. The van der Waals surface area contributed by atoms with Crippen LogP contribution in [-0.2, 0) is 4.79 Å². The molecule has 1 aromatic heterocycles. The van der Waals surface area contributed by atoms with Crippen LogP contribution in [-0.4, -0.2) is 39.1 Å². The van der Waals surface area contributed by atoms with E-state index in [-0.39, 0.29) is 29.6 Å². The third-order valence-corrected chi connectivity index (χ3v) is 6.94. The van der Waals surface area contributed by atoms with Crippen LogP contribution in [0.4, 0.5) is 4.39 Å². The van der Waals surface area contributed by atoms with Crippen LogP contribution in [0.2, 0.25) is 0 Å². The normalized spacial score (nSPS) is 27.8. The van der Waals surface area contributed by atoms with Crippen LogP contribution in [0.1, 0.15) is 57.1 Å². The number of nitrogens with zero attached hydrogens (tertiary/aromatic N) is 4. The molecule has 6 nitrogen and oxygen atoms in total. The summed E-state index contributed by atoms with van der Waals surface area (Å²) in [6, 6.07) is 2.92. The Morgan fingerprint density at radius 1 is 1.26 bits per heavy atom. The summed E-state index contributed by atoms with van der Waals surface area (Å²) in [7, 11) is 0. The van der Waals surface area contributed by atoms with Crippen molar-refractivity contribution in [2.75, 3.05) is 0 Å². The van der Waals surface area contributed by atoms with Crippen molar-refractivity contribution in [1.82, 2.24) is 20.2 Å². The highest BCUT2D eigenvalue weighted by molar-refractivity contribution is 6.29. The summed E-state index contributed by atoms with van der Waals surface area (Å²) in [6.45, 7) is 1.63. The van der Waals surface area contributed by atoms with Gasteiger partial charge in [-0.25, -0.2) is 9.40 Å². The zero-order chi connectivity index (χ0) is 21.5. The number of Topliss-reactive ketones (excluding diaryl/α,β-unsaturated/α-hetero) is 1. The summed E-state index contributed by atoms with van der Waals surface area (Å²) >= 11 is 6.26. The summed E-state index contributed by atoms with van der Waals surface area (Å²) in [4.78, 5) is 18.9. The molecule has 5 rings (SSSR count). The molecule has 1 saturated carbocycles. The van der Waals surface area contributed by atoms with Gasteiger partial charge in [0.15, 0.2) is 5.78 Å². The zero-order valence-electron chi connectivity index (χ0n) is 17.4. The lowest BCUT2D eigenvalue weighted by molar-refractivity contribution is -0.119. The van der Waals surface area contributed by atoms with Crippen molar-refractivity contribution < 1.29 is 9.18 Å². The Morgan fingerprint density at radius 2 is 2.06 bits per heavy atom. The molecule has 4 aliphatic rings. The van der Waals surface area contributed by atoms with Crippen LogP contribution in [0.5, 0.6) is 0 Å². The van der Waals surface area contributed by atoms with E-state index in [2.05, 4.69) is 15.4 Å². The first-order valence-electron chi connectivity index (χ1n) is 10.8. The van der Waals surface area contributed by atoms with Crippen LogP contribution in [0.3, 0.4) is 0 Å². The van der Waals surface area contributed by atoms with Crippen LogP contribution in [0, 0.1) is 5.82 Å². The molecule has 1 aromatic rings. The number of hydrazone groups is 1. The highest BCUT2D eigenvalue weighted by Crippen LogP contribution is 2.39. The van der Waals surface area contributed by atoms with Crippen molar-refractivity contribution in [2.45, 2.75) is 63.5 Å². The number of rotatable bonds is 3. The molecule has 0 saturated heterocycles. The minimum atomic E-state index is -0.384. The number of carbonyl (C=O) groups excluding carboxylic acids is 1. The van der Waals surface area contributed by atoms with E-state index in [1.54, 1.807) is 25.5 Å². The Morgan fingerprint density at radius 3 is 2.81 bits per heavy atom. The maximum Gasteiger partial charge on any atom is 0.156 e. The number of carbonyl (C=O) groups is 1. The fourth-order valence-corrected chi connectivity index (χ4v) is 5.34. The van der Waals surface area contributed by atoms with Gasteiger partial charge in [-0.3, -0.25) is 9.78 Å². The van der Waals surface area contributed by atoms with Crippen LogP contribution < -0.4 is 5.32 Å². The van der Waals surface area contributed by atoms with Crippen molar-refractivity contribution in [3.05, 3.63) is 64.2 Å². The number of nitrogens with one attached hydrogen (secondary N) is 1. The molecule has 2 aliphatic carbocycles. The molecule has 1 N–H and O–H groups in total. The SMILES string of the molecule is CC(=O)C1C2=C(C=C(Cl)CC2)NC=C2N1C=NN2C1CCC(c2ncccc2F)CC1. The molecular weight excluding hydrogens is 417 g/mol. The Bertz CT molecular complexity index is 1020. The molecule has 1 atom stereocenters. The van der Waals surface area contributed by atoms with Gasteiger partial charge in [-0.2, -0.15) is 5.10 Å². The molecule has 1 unspecified atom stereocenters. The topological polar surface area (TPSA) is 60.8 Å². The van der Waals surface area contributed by atoms with Crippen molar-refractivity contribution in [3.63, 3.8) is 0 Å². The number of hydrogen-bond donors (Lipinski definition) is 1. The third-order valence-electron chi connectivity index (χ3n) is 6.65. The molecule has 0 amide bonds. The summed E-state index contributed by atoms with van der Waals surface area (Å²) in [5, 5.41) is 10.8. The predicted molar refractivity (Wildman–Crippen MR) is 117 cm³/mol. The fraction of sp³-hybridized carbons (Fsp3) is 0.435. The van der Waals surface area contributed by atoms with Crippen LogP contribution >= 0.6 is 11.6 Å². The summed E-state index contributed by atoms with van der Waals surface area (Å²) in [5.74, 6) is 0.856. The van der Waals surface area contributed by atoms with Gasteiger partial charge in [0.2, 0.25) is 0 Å². The molecule has 0 bridgehead atoms. The summed E-state index contributed by atoms with van der Waals surface area (Å²) in [5.41, 5.74) is 2.52. The summed E-state index contributed by atoms with van der Waals surface area (Å²) in [6.07, 6.45) is 12.2. The van der Waals surface area contributed by atoms with Gasteiger partial charge in [0, 0.05) is 29.0 Å². The number of hydrogen-bond acceptors (Lipinski definition) is 6. The second-order valence-corrected chi connectivity index (χ2v) is 9.03. The molecule has 0 aromatic carbocycles. The average Bonchev–Trinajstić information content (AvgIpc) is 3.10. The number of allylic oxidation sites excluding steroid dienone is 2. The second-order valence-electron chi connectivity index (χ2n) is 8.55. The van der Waals surface area contributed by atoms with Crippen LogP contribution in [0.25, 0.3) is 0 Å². The van der Waals surface area contributed by atoms with Gasteiger partial charge in [-0.15, -0.1) is 0 Å². The van der Waals surface area contributed by atoms with E-state index < -0.39 is 0 Å². The largest absolute Gasteiger partial charge is 0.358 e. The molecular formula is C23H25ClFN5O. The Balaban J connectivity index is 1.35. The van der Waals surface area contributed by atoms with Gasteiger partial charge in [0.05, 0.1) is 11.7 Å². The first-order valence-corrected chi connectivity index (χ1v) is 11.2. The zero-order valence-corrected chi connectivity index (χ0v) is 18.1. The second kappa shape index (κ2) is 8.11. The molecule has 0 spiro atoms. The molecule has 1 fully saturated rings. The molecule has 162 valence electrons. The van der Waals surface area contributed by atoms with Gasteiger partial charge in [0.1, 0.15) is 24.0 Å². The lowest BCUT2D eigenvalue weighted by atomic mass is 9.83. The first kappa shape index (κ1) is 20.2. The van der Waals surface area contributed by atoms with Crippen molar-refractivity contribution in [2.24, 2.45) is 5.10 Å². The minimum absolute atomic E-state index is 0.0798. The number of pyridine rings is 1. The molecule has 31 heavy (non-hydrogen) atoms. The highest BCUT2D eigenvalue weighted by Gasteiger charge is 2.40. The van der Waals surface area contributed by atoms with Gasteiger partial charge in [0.25, 0.3) is 0 Å². The molecule has 0 radical (unpaired) electrons. The smallest absolute Gasteiger partial charge is 0.156 e. The van der Waals surface area contributed by atoms with Crippen molar-refractivity contribution in [1.29, 1.82) is 0 Å². The van der Waals surface area contributed by atoms with E-state index in [0.29, 0.717) is 5.69 Å². The standard InChI is InChI=1S/C23H25ClFN5O/c1-14(31)23-18-9-6-16(24)11-20(18)27-12-21-29(23)13-28-30(21)17-7-4-15(5-8-17)22-19(25)3-2-10-26-22/h2-3,10-13,15,17,23,27H,4-9H2,1H3. The number of ketones is 1. The number of aromatic nitrogens is 1. The highest BCUT2D eigenvalue weighted by atomic mass is 35.5. The van der Waals surface area contributed by atoms with Crippen molar-refractivity contribution >= 4 is 23.7 Å². The van der Waals surface area contributed by atoms with E-state index in [4.69, 9.17) is 11.6 Å². The maximum absolute atomic E-state index is 14.2. The van der Waals surface area contributed by atoms with Gasteiger partial charge in [-0.05, 0) is 69.2 Å². The van der Waals surface area contributed by atoms with E-state index in [9.17, 15) is 9.18 Å². The fourth-order valence-electron chi connectivity index (χ4n) is 5.14. The number of halogens is 2. The predicted octanol–water partition coefficient (Wildman–Crippen LogP) is 4.34. The Hall–Kier alpha value is -2.67. The van der Waals surface area contributed by atoms with E-state index in [0.717, 1.165) is 60.6 Å². The lowest BCUT2D eigenvalue weighted by Gasteiger charge is -2.36. The quantitative estimate of drug-likeness (QED) is 0.756. The maximum atomic E-state index is 14.2. The molecule has 3 heterocycles. The molecule has 2 aliphatic heterocycles. The Labute approximate surface area is 186 Å². The lowest BCUT2D eigenvalue weighted by Crippen LogP contribution is -2.42.